The Balaban J connectivity index is 2.40. The van der Waals surface area contributed by atoms with Crippen LogP contribution in [0.4, 0.5) is 0 Å². The van der Waals surface area contributed by atoms with Crippen LogP contribution in [0.15, 0.2) is 12.1 Å². The van der Waals surface area contributed by atoms with Gasteiger partial charge in [-0.2, -0.15) is 0 Å². The van der Waals surface area contributed by atoms with E-state index in [-0.39, 0.29) is 17.4 Å². The van der Waals surface area contributed by atoms with Gasteiger partial charge in [0, 0.05) is 19.8 Å². The molecule has 0 radical (unpaired) electrons. The van der Waals surface area contributed by atoms with E-state index >= 15 is 0 Å². The summed E-state index contributed by atoms with van der Waals surface area (Å²) in [5.74, 6) is 0.0749. The molecule has 1 aromatic carbocycles. The molecule has 1 N–H and O–H groups in total. The Kier molecular flexibility index (Phi) is 6.49. The number of carbonyl (C=O) groups is 1. The molecule has 0 fully saturated rings. The molecule has 144 valence electrons. The van der Waals surface area contributed by atoms with E-state index in [1.807, 2.05) is 6.07 Å². The lowest BCUT2D eigenvalue weighted by atomic mass is 9.79. The largest absolute Gasteiger partial charge is 0.507 e. The van der Waals surface area contributed by atoms with Crippen LogP contribution >= 0.6 is 7.60 Å². The zero-order valence-corrected chi connectivity index (χ0v) is 17.2. The molecule has 0 spiro atoms. The number of allylic oxidation sites excluding steroid dienone is 1. The zero-order chi connectivity index (χ0) is 19.5. The highest BCUT2D eigenvalue weighted by atomic mass is 31.2. The number of ketones is 1. The van der Waals surface area contributed by atoms with Crippen molar-refractivity contribution in [2.24, 2.45) is 0 Å². The van der Waals surface area contributed by atoms with Gasteiger partial charge in [0.2, 0.25) is 0 Å². The van der Waals surface area contributed by atoms with E-state index in [4.69, 9.17) is 9.05 Å². The maximum absolute atomic E-state index is 12.2. The lowest BCUT2D eigenvalue weighted by Gasteiger charge is -2.27. The maximum Gasteiger partial charge on any atom is 0.337 e. The molecule has 26 heavy (non-hydrogen) atoms. The van der Waals surface area contributed by atoms with Gasteiger partial charge in [-0.15, -0.1) is 0 Å². The third-order valence-electron chi connectivity index (χ3n) is 4.82. The van der Waals surface area contributed by atoms with Gasteiger partial charge >= 0.3 is 7.60 Å². The summed E-state index contributed by atoms with van der Waals surface area (Å²) in [5.41, 5.74) is 3.72. The first kappa shape index (κ1) is 20.9. The third kappa shape index (κ3) is 4.64. The molecule has 0 amide bonds. The molecule has 1 aromatic rings. The number of carbonyl (C=O) groups excluding carboxylic acids is 1. The zero-order valence-electron chi connectivity index (χ0n) is 16.3. The van der Waals surface area contributed by atoms with Crippen LogP contribution in [0.2, 0.25) is 0 Å². The molecule has 0 atom stereocenters. The predicted molar refractivity (Wildman–Crippen MR) is 104 cm³/mol. The van der Waals surface area contributed by atoms with Crippen LogP contribution in [-0.2, 0) is 36.7 Å². The van der Waals surface area contributed by atoms with E-state index in [2.05, 4.69) is 20.8 Å². The lowest BCUT2D eigenvalue weighted by Crippen LogP contribution is -2.15. The summed E-state index contributed by atoms with van der Waals surface area (Å²) in [6.45, 7) is 6.18. The molecule has 0 saturated heterocycles. The molecular weight excluding hydrogens is 351 g/mol. The second kappa shape index (κ2) is 8.08. The summed E-state index contributed by atoms with van der Waals surface area (Å²) >= 11 is 0. The van der Waals surface area contributed by atoms with Crippen molar-refractivity contribution < 1.29 is 23.5 Å². The van der Waals surface area contributed by atoms with Gasteiger partial charge in [0.1, 0.15) is 11.9 Å². The van der Waals surface area contributed by atoms with Gasteiger partial charge in [-0.1, -0.05) is 26.8 Å². The molecule has 0 saturated carbocycles. The summed E-state index contributed by atoms with van der Waals surface area (Å²) < 4.78 is 21.8. The van der Waals surface area contributed by atoms with Gasteiger partial charge in [-0.3, -0.25) is 9.36 Å². The molecule has 0 unspecified atom stereocenters. The minimum atomic E-state index is -3.37. The van der Waals surface area contributed by atoms with Gasteiger partial charge < -0.3 is 14.2 Å². The second-order valence-electron chi connectivity index (χ2n) is 7.71. The Morgan fingerprint density at radius 2 is 1.77 bits per heavy atom. The first-order valence-corrected chi connectivity index (χ1v) is 10.6. The fraction of sp³-hybridized carbons (Fsp3) is 0.550. The highest BCUT2D eigenvalue weighted by Gasteiger charge is 2.26. The van der Waals surface area contributed by atoms with E-state index in [9.17, 15) is 14.5 Å². The summed E-state index contributed by atoms with van der Waals surface area (Å²) in [6.07, 6.45) is 6.76. The molecule has 5 nitrogen and oxygen atoms in total. The second-order valence-corrected chi connectivity index (χ2v) is 9.98. The Bertz CT molecular complexity index is 750. The van der Waals surface area contributed by atoms with Gasteiger partial charge in [0.05, 0.1) is 0 Å². The highest BCUT2D eigenvalue weighted by molar-refractivity contribution is 7.54. The first-order chi connectivity index (χ1) is 12.1. The van der Waals surface area contributed by atoms with E-state index in [1.165, 1.54) is 20.3 Å². The molecule has 6 heteroatoms. The van der Waals surface area contributed by atoms with Gasteiger partial charge in [-0.05, 0) is 59.9 Å². The monoisotopic (exact) mass is 380 g/mol. The van der Waals surface area contributed by atoms with Crippen molar-refractivity contribution in [1.29, 1.82) is 0 Å². The third-order valence-corrected chi connectivity index (χ3v) is 6.63. The minimum absolute atomic E-state index is 0.203. The van der Waals surface area contributed by atoms with Crippen LogP contribution in [0.3, 0.4) is 0 Å². The number of phenolic OH excluding ortho intramolecular Hbond substituents is 1. The van der Waals surface area contributed by atoms with Gasteiger partial charge in [0.15, 0.2) is 5.78 Å². The molecule has 2 rings (SSSR count). The standard InChI is InChI=1S/C20H29O5P/c1-20(2,3)18-12-14(16-8-6-7-9-17(16)19(18)22)10-11-15(21)13-26(23,24-4)25-5/h10-12,22H,6-9,13H2,1-5H3/b11-10+. The topological polar surface area (TPSA) is 72.8 Å². The highest BCUT2D eigenvalue weighted by Crippen LogP contribution is 2.46. The number of benzene rings is 1. The number of rotatable bonds is 6. The molecule has 1 aliphatic carbocycles. The molecule has 0 heterocycles. The average molecular weight is 380 g/mol. The maximum atomic E-state index is 12.2. The van der Waals surface area contributed by atoms with Crippen molar-refractivity contribution >= 4 is 19.5 Å². The number of hydrogen-bond acceptors (Lipinski definition) is 5. The normalized spacial score (nSPS) is 15.3. The Morgan fingerprint density at radius 3 is 2.31 bits per heavy atom. The Morgan fingerprint density at radius 1 is 1.19 bits per heavy atom. The Hall–Kier alpha value is -1.42. The van der Waals surface area contributed by atoms with Crippen LogP contribution in [0, 0.1) is 0 Å². The number of hydrogen-bond donors (Lipinski definition) is 1. The summed E-state index contributed by atoms with van der Waals surface area (Å²) in [7, 11) is -0.824. The fourth-order valence-electron chi connectivity index (χ4n) is 3.31. The SMILES string of the molecule is COP(=O)(CC(=O)/C=C/c1cc(C(C)(C)C)c(O)c2c1CCCC2)OC. The molecule has 0 aliphatic heterocycles. The lowest BCUT2D eigenvalue weighted by molar-refractivity contribution is -0.112. The summed E-state index contributed by atoms with van der Waals surface area (Å²) in [4.78, 5) is 12.2. The number of aromatic hydroxyl groups is 1. The van der Waals surface area contributed by atoms with Crippen molar-refractivity contribution in [1.82, 2.24) is 0 Å². The van der Waals surface area contributed by atoms with Gasteiger partial charge in [-0.25, -0.2) is 0 Å². The summed E-state index contributed by atoms with van der Waals surface area (Å²) in [5, 5.41) is 10.7. The van der Waals surface area contributed by atoms with Crippen molar-refractivity contribution in [3.05, 3.63) is 34.4 Å². The summed E-state index contributed by atoms with van der Waals surface area (Å²) in [6, 6.07) is 1.97. The average Bonchev–Trinajstić information content (AvgIpc) is 2.60. The van der Waals surface area contributed by atoms with Crippen LogP contribution < -0.4 is 0 Å². The van der Waals surface area contributed by atoms with Crippen LogP contribution in [0.25, 0.3) is 6.08 Å². The molecule has 1 aliphatic rings. The van der Waals surface area contributed by atoms with Crippen LogP contribution in [0.1, 0.15) is 55.9 Å². The van der Waals surface area contributed by atoms with Crippen molar-refractivity contribution in [2.45, 2.75) is 51.9 Å². The molecule has 0 bridgehead atoms. The predicted octanol–water partition coefficient (Wildman–Crippen LogP) is 4.64. The van der Waals surface area contributed by atoms with Crippen LogP contribution in [-0.4, -0.2) is 31.3 Å². The van der Waals surface area contributed by atoms with E-state index in [1.54, 1.807) is 6.08 Å². The minimum Gasteiger partial charge on any atom is -0.507 e. The molecular formula is C20H29O5P. The fourth-order valence-corrected chi connectivity index (χ4v) is 4.20. The first-order valence-electron chi connectivity index (χ1n) is 8.91. The van der Waals surface area contributed by atoms with Crippen LogP contribution in [0.5, 0.6) is 5.75 Å². The Labute approximate surface area is 155 Å². The van der Waals surface area contributed by atoms with Crippen molar-refractivity contribution in [2.75, 3.05) is 20.4 Å². The van der Waals surface area contributed by atoms with Crippen molar-refractivity contribution in [3.8, 4) is 5.75 Å². The van der Waals surface area contributed by atoms with E-state index in [0.29, 0.717) is 5.75 Å². The van der Waals surface area contributed by atoms with E-state index < -0.39 is 7.60 Å². The van der Waals surface area contributed by atoms with E-state index in [0.717, 1.165) is 47.9 Å². The van der Waals surface area contributed by atoms with Gasteiger partial charge in [0.25, 0.3) is 0 Å². The number of fused-ring (bicyclic) bond motifs is 1. The quantitative estimate of drug-likeness (QED) is 0.575. The number of phenols is 1. The smallest absolute Gasteiger partial charge is 0.337 e. The molecule has 0 aromatic heterocycles. The van der Waals surface area contributed by atoms with Crippen molar-refractivity contribution in [3.63, 3.8) is 0 Å².